The van der Waals surface area contributed by atoms with E-state index in [1.54, 1.807) is 6.07 Å². The van der Waals surface area contributed by atoms with Crippen molar-refractivity contribution in [1.29, 1.82) is 0 Å². The number of esters is 4. The lowest BCUT2D eigenvalue weighted by Gasteiger charge is -2.29. The Bertz CT molecular complexity index is 2640. The first-order chi connectivity index (χ1) is 38.2. The second-order valence-corrected chi connectivity index (χ2v) is 21.2. The predicted molar refractivity (Wildman–Crippen MR) is 309 cm³/mol. The molecule has 78 heavy (non-hydrogen) atoms. The van der Waals surface area contributed by atoms with Crippen molar-refractivity contribution in [3.63, 3.8) is 0 Å². The Kier molecular flexibility index (Phi) is 24.2. The molecule has 414 valence electrons. The van der Waals surface area contributed by atoms with E-state index >= 15 is 0 Å². The van der Waals surface area contributed by atoms with Gasteiger partial charge in [0, 0.05) is 25.0 Å². The van der Waals surface area contributed by atoms with E-state index in [2.05, 4.69) is 92.9 Å². The van der Waals surface area contributed by atoms with E-state index in [4.69, 9.17) is 28.4 Å². The van der Waals surface area contributed by atoms with Crippen LogP contribution in [0.2, 0.25) is 0 Å². The zero-order valence-corrected chi connectivity index (χ0v) is 46.1. The maximum Gasteiger partial charge on any atom is 0.330 e. The van der Waals surface area contributed by atoms with Crippen LogP contribution >= 0.6 is 0 Å². The van der Waals surface area contributed by atoms with Crippen molar-refractivity contribution >= 4 is 23.9 Å². The largest absolute Gasteiger partial charge is 0.494 e. The van der Waals surface area contributed by atoms with Crippen LogP contribution in [0.3, 0.4) is 0 Å². The Morgan fingerprint density at radius 2 is 0.821 bits per heavy atom. The van der Waals surface area contributed by atoms with Crippen LogP contribution < -0.4 is 18.9 Å². The number of unbranched alkanes of at least 4 members (excludes halogenated alkanes) is 6. The van der Waals surface area contributed by atoms with Gasteiger partial charge in [-0.1, -0.05) is 98.9 Å². The highest BCUT2D eigenvalue weighted by Crippen LogP contribution is 2.40. The highest BCUT2D eigenvalue weighted by atomic mass is 16.6. The SMILES string of the molecule is C=CC(=O)OCCCCCCOc1ccc(-c2ccc(C3CCC(CCC(=O)Oc4cc(CC)ccc4OC(=O)CC[C@H]4CC[C@H](c5ccc(-c6ccc(OCCCCCCOC(=O)C=C)cc6)cc5)CC4)CC3)cc2)cc1. The van der Waals surface area contributed by atoms with Crippen molar-refractivity contribution in [1.82, 2.24) is 0 Å². The van der Waals surface area contributed by atoms with Gasteiger partial charge in [-0.15, -0.1) is 0 Å². The van der Waals surface area contributed by atoms with Crippen LogP contribution in [0, 0.1) is 11.8 Å². The van der Waals surface area contributed by atoms with Crippen molar-refractivity contribution in [3.05, 3.63) is 157 Å². The predicted octanol–water partition coefficient (Wildman–Crippen LogP) is 16.2. The Morgan fingerprint density at radius 1 is 0.449 bits per heavy atom. The minimum atomic E-state index is -0.369. The van der Waals surface area contributed by atoms with Gasteiger partial charge >= 0.3 is 23.9 Å². The number of ether oxygens (including phenoxy) is 6. The lowest BCUT2D eigenvalue weighted by atomic mass is 9.77. The van der Waals surface area contributed by atoms with Gasteiger partial charge in [-0.25, -0.2) is 9.59 Å². The fourth-order valence-corrected chi connectivity index (χ4v) is 10.8. The van der Waals surface area contributed by atoms with Crippen molar-refractivity contribution < 1.29 is 47.6 Å². The van der Waals surface area contributed by atoms with Crippen LogP contribution in [0.1, 0.15) is 164 Å². The third kappa shape index (κ3) is 19.5. The summed E-state index contributed by atoms with van der Waals surface area (Å²) in [4.78, 5) is 48.8. The van der Waals surface area contributed by atoms with E-state index in [9.17, 15) is 19.2 Å². The Hall–Kier alpha value is -6.94. The molecule has 2 aliphatic carbocycles. The molecular formula is C68H82O10. The van der Waals surface area contributed by atoms with Gasteiger partial charge in [0.25, 0.3) is 0 Å². The van der Waals surface area contributed by atoms with Crippen LogP contribution in [-0.2, 0) is 35.1 Å². The van der Waals surface area contributed by atoms with Gasteiger partial charge in [0.2, 0.25) is 0 Å². The molecule has 0 atom stereocenters. The quantitative estimate of drug-likeness (QED) is 0.0183. The molecule has 0 spiro atoms. The summed E-state index contributed by atoms with van der Waals surface area (Å²) in [5.41, 5.74) is 8.43. The van der Waals surface area contributed by atoms with Crippen LogP contribution in [0.15, 0.2) is 141 Å². The lowest BCUT2D eigenvalue weighted by molar-refractivity contribution is -0.138. The van der Waals surface area contributed by atoms with Crippen LogP contribution in [0.5, 0.6) is 23.0 Å². The normalized spacial score (nSPS) is 17.0. The third-order valence-corrected chi connectivity index (χ3v) is 15.6. The van der Waals surface area contributed by atoms with E-state index in [1.165, 1.54) is 34.4 Å². The summed E-state index contributed by atoms with van der Waals surface area (Å²) in [6.07, 6.45) is 21.7. The molecule has 0 aromatic heterocycles. The Labute approximate surface area is 463 Å². The zero-order chi connectivity index (χ0) is 54.7. The van der Waals surface area contributed by atoms with Crippen molar-refractivity contribution in [3.8, 4) is 45.3 Å². The van der Waals surface area contributed by atoms with E-state index in [0.717, 1.165) is 150 Å². The van der Waals surface area contributed by atoms with E-state index < -0.39 is 0 Å². The summed E-state index contributed by atoms with van der Waals surface area (Å²) in [6, 6.07) is 40.0. The first kappa shape index (κ1) is 58.7. The first-order valence-electron chi connectivity index (χ1n) is 28.9. The number of carbonyl (C=O) groups excluding carboxylic acids is 4. The average Bonchev–Trinajstić information content (AvgIpc) is 3.51. The summed E-state index contributed by atoms with van der Waals surface area (Å²) in [7, 11) is 0. The van der Waals surface area contributed by atoms with Gasteiger partial charge in [0.05, 0.1) is 26.4 Å². The molecule has 2 fully saturated rings. The summed E-state index contributed by atoms with van der Waals surface area (Å²) in [6.45, 7) is 11.1. The van der Waals surface area contributed by atoms with Gasteiger partial charge in [-0.3, -0.25) is 9.59 Å². The van der Waals surface area contributed by atoms with Crippen LogP contribution in [0.25, 0.3) is 22.3 Å². The van der Waals surface area contributed by atoms with Crippen molar-refractivity contribution in [2.45, 2.75) is 154 Å². The molecule has 5 aromatic carbocycles. The second-order valence-electron chi connectivity index (χ2n) is 21.2. The number of benzene rings is 5. The first-order valence-corrected chi connectivity index (χ1v) is 28.9. The summed E-state index contributed by atoms with van der Waals surface area (Å²) < 4.78 is 33.8. The summed E-state index contributed by atoms with van der Waals surface area (Å²) >= 11 is 0. The molecule has 10 nitrogen and oxygen atoms in total. The van der Waals surface area contributed by atoms with Gasteiger partial charge in [0.15, 0.2) is 11.5 Å². The van der Waals surface area contributed by atoms with Gasteiger partial charge in [0.1, 0.15) is 11.5 Å². The maximum absolute atomic E-state index is 13.3. The van der Waals surface area contributed by atoms with Crippen molar-refractivity contribution in [2.24, 2.45) is 11.8 Å². The van der Waals surface area contributed by atoms with Crippen LogP contribution in [-0.4, -0.2) is 50.3 Å². The molecule has 0 heterocycles. The highest BCUT2D eigenvalue weighted by molar-refractivity contribution is 5.81. The monoisotopic (exact) mass is 1060 g/mol. The van der Waals surface area contributed by atoms with Crippen LogP contribution in [0.4, 0.5) is 0 Å². The number of aryl methyl sites for hydroxylation is 1. The number of hydrogen-bond donors (Lipinski definition) is 0. The molecule has 0 amide bonds. The molecule has 10 heteroatoms. The average molecular weight is 1060 g/mol. The van der Waals surface area contributed by atoms with Gasteiger partial charge in [-0.2, -0.15) is 0 Å². The molecule has 0 saturated heterocycles. The lowest BCUT2D eigenvalue weighted by Crippen LogP contribution is -2.17. The Morgan fingerprint density at radius 3 is 1.21 bits per heavy atom. The standard InChI is InChI=1S/C68H82O10/c1-4-50-19-42-63(77-67(71)43-20-51-15-22-53(23-16-51)55-26-30-57(31-27-55)59-34-38-61(39-35-59)73-45-11-7-9-13-47-75-65(69)5-2)64(49-50)78-68(72)44-21-52-17-24-54(25-18-52)56-28-32-58(33-29-56)60-36-40-62(41-37-60)74-46-12-8-10-14-48-76-66(70)6-3/h5-6,19,26-42,49,51-54H,2-4,7-18,20-25,43-48H2,1H3/t51-,52?,53-,54?. The molecule has 0 radical (unpaired) electrons. The molecule has 0 aliphatic heterocycles. The minimum absolute atomic E-state index is 0.288. The van der Waals surface area contributed by atoms with E-state index in [1.807, 2.05) is 36.4 Å². The molecule has 0 bridgehead atoms. The fourth-order valence-electron chi connectivity index (χ4n) is 10.8. The van der Waals surface area contributed by atoms with Gasteiger partial charge < -0.3 is 28.4 Å². The molecule has 0 unspecified atom stereocenters. The molecule has 2 aliphatic rings. The minimum Gasteiger partial charge on any atom is -0.494 e. The molecule has 0 N–H and O–H groups in total. The molecular weight excluding hydrogens is 977 g/mol. The van der Waals surface area contributed by atoms with E-state index in [-0.39, 0.29) is 23.9 Å². The fraction of sp³-hybridized carbons (Fsp3) is 0.441. The Balaban J connectivity index is 0.759. The summed E-state index contributed by atoms with van der Waals surface area (Å²) in [5, 5.41) is 0. The molecule has 5 aromatic rings. The van der Waals surface area contributed by atoms with Gasteiger partial charge in [-0.05, 0) is 221 Å². The molecule has 2 saturated carbocycles. The number of hydrogen-bond acceptors (Lipinski definition) is 10. The number of rotatable bonds is 31. The topological polar surface area (TPSA) is 124 Å². The van der Waals surface area contributed by atoms with E-state index in [0.29, 0.717) is 74.4 Å². The molecule has 7 rings (SSSR count). The summed E-state index contributed by atoms with van der Waals surface area (Å²) in [5.74, 6) is 3.01. The smallest absolute Gasteiger partial charge is 0.330 e. The van der Waals surface area contributed by atoms with Crippen molar-refractivity contribution in [2.75, 3.05) is 26.4 Å². The zero-order valence-electron chi connectivity index (χ0n) is 46.1. The number of carbonyl (C=O) groups is 4. The highest BCUT2D eigenvalue weighted by Gasteiger charge is 2.26. The maximum atomic E-state index is 13.3. The second kappa shape index (κ2) is 32.1. The third-order valence-electron chi connectivity index (χ3n) is 15.6.